The van der Waals surface area contributed by atoms with E-state index in [0.29, 0.717) is 15.7 Å². The molecule has 0 aliphatic carbocycles. The molecular weight excluding hydrogens is 307 g/mol. The summed E-state index contributed by atoms with van der Waals surface area (Å²) in [4.78, 5) is 12.4. The quantitative estimate of drug-likeness (QED) is 0.847. The van der Waals surface area contributed by atoms with Gasteiger partial charge in [-0.05, 0) is 31.2 Å². The van der Waals surface area contributed by atoms with Crippen LogP contribution >= 0.6 is 23.2 Å². The summed E-state index contributed by atoms with van der Waals surface area (Å²) in [5, 5.41) is 3.79. The summed E-state index contributed by atoms with van der Waals surface area (Å²) in [5.41, 5.74) is 2.76. The summed E-state index contributed by atoms with van der Waals surface area (Å²) in [6.07, 6.45) is 1.90. The minimum atomic E-state index is -0.336. The van der Waals surface area contributed by atoms with Crippen LogP contribution in [0, 0.1) is 13.8 Å². The summed E-state index contributed by atoms with van der Waals surface area (Å²) in [5.74, 6) is -0.127. The Morgan fingerprint density at radius 2 is 1.95 bits per heavy atom. The van der Waals surface area contributed by atoms with Gasteiger partial charge in [0, 0.05) is 30.5 Å². The van der Waals surface area contributed by atoms with Crippen LogP contribution in [0.4, 0.5) is 5.69 Å². The Hall–Kier alpha value is -1.58. The van der Waals surface area contributed by atoms with Crippen molar-refractivity contribution < 1.29 is 9.36 Å². The zero-order chi connectivity index (χ0) is 15.6. The summed E-state index contributed by atoms with van der Waals surface area (Å²) in [7, 11) is 0. The second-order valence-corrected chi connectivity index (χ2v) is 5.82. The minimum absolute atomic E-state index is 0.127. The lowest BCUT2D eigenvalue weighted by atomic mass is 10.2. The van der Waals surface area contributed by atoms with Crippen molar-refractivity contribution in [2.45, 2.75) is 26.8 Å². The third-order valence-corrected chi connectivity index (χ3v) is 4.08. The Morgan fingerprint density at radius 3 is 2.62 bits per heavy atom. The molecule has 0 unspecified atom stereocenters. The number of aryl methyl sites for hydroxylation is 1. The van der Waals surface area contributed by atoms with Crippen molar-refractivity contribution in [1.29, 1.82) is 0 Å². The maximum atomic E-state index is 12.4. The van der Waals surface area contributed by atoms with Gasteiger partial charge in [0.1, 0.15) is 0 Å². The van der Waals surface area contributed by atoms with Crippen molar-refractivity contribution in [3.05, 3.63) is 57.8 Å². The van der Waals surface area contributed by atoms with Crippen LogP contribution in [-0.2, 0) is 4.79 Å². The molecule has 2 rings (SSSR count). The average molecular weight is 324 g/mol. The molecule has 0 spiro atoms. The highest BCUT2D eigenvalue weighted by atomic mass is 35.5. The molecule has 0 radical (unpaired) electrons. The number of nitrogens with zero attached hydrogens (tertiary/aromatic N) is 1. The molecule has 1 amide bonds. The topological polar surface area (TPSA) is 33.0 Å². The van der Waals surface area contributed by atoms with Crippen LogP contribution in [0.15, 0.2) is 36.5 Å². The molecule has 0 saturated carbocycles. The van der Waals surface area contributed by atoms with Crippen molar-refractivity contribution >= 4 is 34.8 Å². The van der Waals surface area contributed by atoms with Crippen molar-refractivity contribution in [3.8, 4) is 0 Å². The number of halogens is 2. The zero-order valence-corrected chi connectivity index (χ0v) is 13.7. The van der Waals surface area contributed by atoms with Gasteiger partial charge in [-0.1, -0.05) is 23.2 Å². The van der Waals surface area contributed by atoms with Crippen LogP contribution in [0.2, 0.25) is 10.0 Å². The number of anilines is 1. The van der Waals surface area contributed by atoms with E-state index in [1.807, 2.05) is 43.7 Å². The fraction of sp³-hybridized carbons (Fsp3) is 0.250. The van der Waals surface area contributed by atoms with E-state index in [2.05, 4.69) is 5.32 Å². The molecule has 1 aromatic heterocycles. The highest BCUT2D eigenvalue weighted by molar-refractivity contribution is 6.36. The molecule has 2 aromatic rings. The van der Waals surface area contributed by atoms with Crippen LogP contribution in [0.5, 0.6) is 0 Å². The van der Waals surface area contributed by atoms with Gasteiger partial charge in [0.05, 0.1) is 10.7 Å². The van der Waals surface area contributed by atoms with Crippen molar-refractivity contribution in [3.63, 3.8) is 0 Å². The summed E-state index contributed by atoms with van der Waals surface area (Å²) < 4.78 is 1.94. The van der Waals surface area contributed by atoms with Gasteiger partial charge < -0.3 is 5.32 Å². The van der Waals surface area contributed by atoms with E-state index in [1.165, 1.54) is 0 Å². The van der Waals surface area contributed by atoms with Crippen LogP contribution in [0.1, 0.15) is 24.2 Å². The number of nitrogens with one attached hydrogen (secondary N) is 1. The zero-order valence-electron chi connectivity index (χ0n) is 12.2. The predicted octanol–water partition coefficient (Wildman–Crippen LogP) is 4.10. The Labute approximate surface area is 134 Å². The maximum Gasteiger partial charge on any atom is 0.293 e. The van der Waals surface area contributed by atoms with Crippen molar-refractivity contribution in [1.82, 2.24) is 0 Å². The predicted molar refractivity (Wildman–Crippen MR) is 85.9 cm³/mol. The number of pyridine rings is 1. The van der Waals surface area contributed by atoms with Gasteiger partial charge in [-0.2, -0.15) is 4.57 Å². The first-order valence-electron chi connectivity index (χ1n) is 6.63. The molecule has 0 fully saturated rings. The van der Waals surface area contributed by atoms with E-state index in [9.17, 15) is 4.79 Å². The normalized spacial score (nSPS) is 12.0. The number of hydrogen-bond donors (Lipinski definition) is 1. The molecule has 0 aliphatic heterocycles. The standard InChI is InChI=1S/C16H16Cl2N2O/c1-10-5-4-8-20(11(10)2)12(3)16(21)19-15-7-6-13(17)9-14(15)18/h4-9,12H,1-3H3/p+1/t12-/m1/s1. The first kappa shape index (κ1) is 15.8. The van der Waals surface area contributed by atoms with Crippen molar-refractivity contribution in [2.24, 2.45) is 0 Å². The van der Waals surface area contributed by atoms with Gasteiger partial charge in [0.25, 0.3) is 5.91 Å². The first-order chi connectivity index (χ1) is 9.90. The number of aromatic nitrogens is 1. The summed E-state index contributed by atoms with van der Waals surface area (Å²) in [6, 6.07) is 8.61. The van der Waals surface area contributed by atoms with Crippen LogP contribution in [-0.4, -0.2) is 5.91 Å². The first-order valence-corrected chi connectivity index (χ1v) is 7.39. The van der Waals surface area contributed by atoms with Crippen LogP contribution < -0.4 is 9.88 Å². The highest BCUT2D eigenvalue weighted by Gasteiger charge is 2.25. The molecule has 0 aliphatic rings. The number of amides is 1. The lowest BCUT2D eigenvalue weighted by Gasteiger charge is -2.12. The number of carbonyl (C=O) groups is 1. The fourth-order valence-electron chi connectivity index (χ4n) is 2.09. The second kappa shape index (κ2) is 6.46. The fourth-order valence-corrected chi connectivity index (χ4v) is 2.55. The summed E-state index contributed by atoms with van der Waals surface area (Å²) >= 11 is 11.9. The molecule has 1 atom stereocenters. The van der Waals surface area contributed by atoms with Crippen LogP contribution in [0.3, 0.4) is 0 Å². The van der Waals surface area contributed by atoms with Gasteiger partial charge in [-0.25, -0.2) is 0 Å². The van der Waals surface area contributed by atoms with Gasteiger partial charge in [-0.15, -0.1) is 0 Å². The smallest absolute Gasteiger partial charge is 0.293 e. The van der Waals surface area contributed by atoms with E-state index >= 15 is 0 Å². The molecule has 3 nitrogen and oxygen atoms in total. The average Bonchev–Trinajstić information content (AvgIpc) is 2.44. The van der Waals surface area contributed by atoms with E-state index < -0.39 is 0 Å². The largest absolute Gasteiger partial charge is 0.319 e. The van der Waals surface area contributed by atoms with Gasteiger partial charge >= 0.3 is 0 Å². The Morgan fingerprint density at radius 1 is 1.24 bits per heavy atom. The molecule has 1 aromatic carbocycles. The lowest BCUT2D eigenvalue weighted by Crippen LogP contribution is -2.47. The molecule has 110 valence electrons. The Bertz CT molecular complexity index is 686. The SMILES string of the molecule is Cc1ccc[n+]([C@H](C)C(=O)Nc2ccc(Cl)cc2Cl)c1C. The van der Waals surface area contributed by atoms with E-state index in [-0.39, 0.29) is 11.9 Å². The van der Waals surface area contributed by atoms with E-state index in [4.69, 9.17) is 23.2 Å². The minimum Gasteiger partial charge on any atom is -0.319 e. The molecule has 1 N–H and O–H groups in total. The number of carbonyl (C=O) groups excluding carboxylic acids is 1. The number of benzene rings is 1. The van der Waals surface area contributed by atoms with Crippen LogP contribution in [0.25, 0.3) is 0 Å². The van der Waals surface area contributed by atoms with Gasteiger partial charge in [0.15, 0.2) is 11.9 Å². The van der Waals surface area contributed by atoms with E-state index in [1.54, 1.807) is 18.2 Å². The Balaban J connectivity index is 2.22. The van der Waals surface area contributed by atoms with Gasteiger partial charge in [0.2, 0.25) is 6.04 Å². The lowest BCUT2D eigenvalue weighted by molar-refractivity contribution is -0.711. The van der Waals surface area contributed by atoms with E-state index in [0.717, 1.165) is 11.3 Å². The Kier molecular flexibility index (Phi) is 4.86. The summed E-state index contributed by atoms with van der Waals surface area (Å²) in [6.45, 7) is 5.87. The second-order valence-electron chi connectivity index (χ2n) is 4.97. The molecular formula is C16H17Cl2N2O+. The number of rotatable bonds is 3. The molecule has 5 heteroatoms. The monoisotopic (exact) mass is 323 g/mol. The molecule has 0 saturated heterocycles. The molecule has 21 heavy (non-hydrogen) atoms. The molecule has 0 bridgehead atoms. The van der Waals surface area contributed by atoms with Gasteiger partial charge in [-0.3, -0.25) is 4.79 Å². The molecule has 1 heterocycles. The number of hydrogen-bond acceptors (Lipinski definition) is 1. The third-order valence-electron chi connectivity index (χ3n) is 3.54. The maximum absolute atomic E-state index is 12.4. The third kappa shape index (κ3) is 3.55. The highest BCUT2D eigenvalue weighted by Crippen LogP contribution is 2.25. The van der Waals surface area contributed by atoms with Crippen molar-refractivity contribution in [2.75, 3.05) is 5.32 Å².